The zero-order valence-corrected chi connectivity index (χ0v) is 16.7. The summed E-state index contributed by atoms with van der Waals surface area (Å²) in [5.41, 5.74) is 8.93. The zero-order valence-electron chi connectivity index (χ0n) is 16.7. The molecule has 1 aliphatic rings. The molecule has 0 spiro atoms. The number of carbonyl (C=O) groups is 2. The van der Waals surface area contributed by atoms with Gasteiger partial charge < -0.3 is 25.5 Å². The number of benzene rings is 1. The minimum Gasteiger partial charge on any atom is -0.464 e. The van der Waals surface area contributed by atoms with E-state index in [0.717, 1.165) is 30.7 Å². The lowest BCUT2D eigenvalue weighted by Crippen LogP contribution is -2.32. The number of ether oxygens (including phenoxy) is 2. The zero-order chi connectivity index (χ0) is 20.8. The van der Waals surface area contributed by atoms with E-state index in [1.54, 1.807) is 25.3 Å². The summed E-state index contributed by atoms with van der Waals surface area (Å²) in [5.74, 6) is 0.416. The highest BCUT2D eigenvalue weighted by Gasteiger charge is 2.23. The van der Waals surface area contributed by atoms with Gasteiger partial charge in [-0.05, 0) is 38.0 Å². The number of anilines is 2. The summed E-state index contributed by atoms with van der Waals surface area (Å²) in [6, 6.07) is 4.61. The second-order valence-electron chi connectivity index (χ2n) is 6.89. The van der Waals surface area contributed by atoms with Crippen molar-refractivity contribution in [1.29, 1.82) is 0 Å². The molecule has 0 saturated carbocycles. The van der Waals surface area contributed by atoms with Gasteiger partial charge in [-0.2, -0.15) is 0 Å². The van der Waals surface area contributed by atoms with Crippen LogP contribution in [0.1, 0.15) is 44.5 Å². The standard InChI is InChI=1S/C20H27N5O4/c1-3-29-19(26)15-7-5-4-6-14(21)18-22-11-17(25-18)13-9-8-12(10-16(13)24-15)23-20(27)28-2/h8-11,14-15,24H,3-7,21H2,1-2H3,(H,22,25)(H,23,27)/t14-,15+/m0/s1. The second-order valence-corrected chi connectivity index (χ2v) is 6.89. The Morgan fingerprint density at radius 3 is 2.86 bits per heavy atom. The van der Waals surface area contributed by atoms with Gasteiger partial charge in [-0.1, -0.05) is 12.8 Å². The summed E-state index contributed by atoms with van der Waals surface area (Å²) in [7, 11) is 1.30. The van der Waals surface area contributed by atoms with Crippen LogP contribution in [0.15, 0.2) is 24.4 Å². The van der Waals surface area contributed by atoms with Gasteiger partial charge in [0.2, 0.25) is 0 Å². The van der Waals surface area contributed by atoms with E-state index in [2.05, 4.69) is 25.3 Å². The number of aromatic nitrogens is 2. The highest BCUT2D eigenvalue weighted by atomic mass is 16.5. The van der Waals surface area contributed by atoms with Crippen LogP contribution >= 0.6 is 0 Å². The summed E-state index contributed by atoms with van der Waals surface area (Å²) in [6.07, 6.45) is 4.28. The Labute approximate surface area is 169 Å². The SMILES string of the molecule is CCOC(=O)[C@H]1CCCC[C@H](N)c2nc(c[nH]2)-c2ccc(NC(=O)OC)cc2N1. The molecule has 3 rings (SSSR count). The molecule has 1 aliphatic heterocycles. The Hall–Kier alpha value is -3.07. The van der Waals surface area contributed by atoms with Gasteiger partial charge in [0, 0.05) is 23.1 Å². The van der Waals surface area contributed by atoms with Crippen molar-refractivity contribution >= 4 is 23.4 Å². The summed E-state index contributed by atoms with van der Waals surface area (Å²) in [4.78, 5) is 31.9. The van der Waals surface area contributed by atoms with Crippen LogP contribution in [0.4, 0.5) is 16.2 Å². The minimum absolute atomic E-state index is 0.194. The lowest BCUT2D eigenvalue weighted by molar-refractivity contribution is -0.144. The first-order valence-corrected chi connectivity index (χ1v) is 9.75. The highest BCUT2D eigenvalue weighted by molar-refractivity contribution is 5.89. The van der Waals surface area contributed by atoms with Crippen molar-refractivity contribution in [2.75, 3.05) is 24.4 Å². The number of hydrogen-bond acceptors (Lipinski definition) is 7. The Morgan fingerprint density at radius 2 is 2.10 bits per heavy atom. The number of hydrogen-bond donors (Lipinski definition) is 4. The minimum atomic E-state index is -0.576. The number of fused-ring (bicyclic) bond motifs is 4. The monoisotopic (exact) mass is 401 g/mol. The molecular weight excluding hydrogens is 374 g/mol. The number of imidazole rings is 1. The molecule has 0 aliphatic carbocycles. The topological polar surface area (TPSA) is 131 Å². The Bertz CT molecular complexity index is 866. The molecule has 1 aromatic carbocycles. The number of amides is 1. The lowest BCUT2D eigenvalue weighted by Gasteiger charge is -2.21. The van der Waals surface area contributed by atoms with Gasteiger partial charge in [0.15, 0.2) is 0 Å². The molecule has 9 nitrogen and oxygen atoms in total. The molecular formula is C20H27N5O4. The maximum atomic E-state index is 12.5. The fraction of sp³-hybridized carbons (Fsp3) is 0.450. The van der Waals surface area contributed by atoms with E-state index in [4.69, 9.17) is 10.5 Å². The van der Waals surface area contributed by atoms with Crippen molar-refractivity contribution in [2.24, 2.45) is 5.73 Å². The first kappa shape index (κ1) is 20.7. The average Bonchev–Trinajstić information content (AvgIpc) is 3.19. The van der Waals surface area contributed by atoms with Crippen LogP contribution in [0.5, 0.6) is 0 Å². The number of nitrogens with two attached hydrogens (primary N) is 1. The number of nitrogens with zero attached hydrogens (tertiary/aromatic N) is 1. The summed E-state index contributed by atoms with van der Waals surface area (Å²) in [6.45, 7) is 2.09. The largest absolute Gasteiger partial charge is 0.464 e. The Balaban J connectivity index is 2.02. The maximum absolute atomic E-state index is 12.5. The molecule has 2 heterocycles. The summed E-state index contributed by atoms with van der Waals surface area (Å²) < 4.78 is 9.91. The van der Waals surface area contributed by atoms with Crippen LogP contribution < -0.4 is 16.4 Å². The maximum Gasteiger partial charge on any atom is 0.411 e. The third-order valence-corrected chi connectivity index (χ3v) is 4.83. The quantitative estimate of drug-likeness (QED) is 0.581. The van der Waals surface area contributed by atoms with Crippen molar-refractivity contribution in [3.63, 3.8) is 0 Å². The number of methoxy groups -OCH3 is 1. The molecule has 29 heavy (non-hydrogen) atoms. The second kappa shape index (κ2) is 9.42. The van der Waals surface area contributed by atoms with E-state index >= 15 is 0 Å². The predicted octanol–water partition coefficient (Wildman–Crippen LogP) is 3.17. The molecule has 156 valence electrons. The van der Waals surface area contributed by atoms with Crippen LogP contribution in [0.2, 0.25) is 0 Å². The molecule has 2 aromatic rings. The number of H-pyrrole nitrogens is 1. The van der Waals surface area contributed by atoms with E-state index < -0.39 is 12.1 Å². The van der Waals surface area contributed by atoms with E-state index in [1.165, 1.54) is 7.11 Å². The van der Waals surface area contributed by atoms with Gasteiger partial charge in [0.1, 0.15) is 11.9 Å². The Kier molecular flexibility index (Phi) is 6.71. The van der Waals surface area contributed by atoms with Crippen molar-refractivity contribution in [3.8, 4) is 11.3 Å². The smallest absolute Gasteiger partial charge is 0.411 e. The summed E-state index contributed by atoms with van der Waals surface area (Å²) >= 11 is 0. The van der Waals surface area contributed by atoms with Crippen molar-refractivity contribution in [2.45, 2.75) is 44.7 Å². The summed E-state index contributed by atoms with van der Waals surface area (Å²) in [5, 5.41) is 5.93. The van der Waals surface area contributed by atoms with Gasteiger partial charge >= 0.3 is 12.1 Å². The number of aromatic amines is 1. The average molecular weight is 401 g/mol. The number of rotatable bonds is 3. The van der Waals surface area contributed by atoms with Crippen molar-refractivity contribution < 1.29 is 19.1 Å². The predicted molar refractivity (Wildman–Crippen MR) is 109 cm³/mol. The third-order valence-electron chi connectivity index (χ3n) is 4.83. The van der Waals surface area contributed by atoms with Crippen molar-refractivity contribution in [3.05, 3.63) is 30.2 Å². The molecule has 0 saturated heterocycles. The van der Waals surface area contributed by atoms with E-state index in [-0.39, 0.29) is 12.0 Å². The molecule has 5 N–H and O–H groups in total. The van der Waals surface area contributed by atoms with E-state index in [0.29, 0.717) is 30.1 Å². The number of esters is 1. The fourth-order valence-electron chi connectivity index (χ4n) is 3.33. The molecule has 2 atom stereocenters. The van der Waals surface area contributed by atoms with Gasteiger partial charge in [-0.25, -0.2) is 14.6 Å². The van der Waals surface area contributed by atoms with Gasteiger partial charge in [0.05, 0.1) is 25.5 Å². The molecule has 0 unspecified atom stereocenters. The molecule has 9 heteroatoms. The van der Waals surface area contributed by atoms with Gasteiger partial charge in [0.25, 0.3) is 0 Å². The van der Waals surface area contributed by atoms with Crippen LogP contribution in [0, 0.1) is 0 Å². The van der Waals surface area contributed by atoms with E-state index in [9.17, 15) is 9.59 Å². The van der Waals surface area contributed by atoms with Crippen molar-refractivity contribution in [1.82, 2.24) is 9.97 Å². The molecule has 0 fully saturated rings. The lowest BCUT2D eigenvalue weighted by atomic mass is 10.0. The van der Waals surface area contributed by atoms with Gasteiger partial charge in [-0.15, -0.1) is 0 Å². The first-order chi connectivity index (χ1) is 14.0. The third kappa shape index (κ3) is 5.05. The number of carbonyl (C=O) groups excluding carboxylic acids is 2. The normalized spacial score (nSPS) is 19.0. The van der Waals surface area contributed by atoms with Crippen LogP contribution in [0.25, 0.3) is 11.3 Å². The molecule has 1 aromatic heterocycles. The highest BCUT2D eigenvalue weighted by Crippen LogP contribution is 2.32. The molecule has 0 radical (unpaired) electrons. The first-order valence-electron chi connectivity index (χ1n) is 9.75. The van der Waals surface area contributed by atoms with Crippen LogP contribution in [-0.4, -0.2) is 41.8 Å². The van der Waals surface area contributed by atoms with Gasteiger partial charge in [-0.3, -0.25) is 5.32 Å². The Morgan fingerprint density at radius 1 is 1.31 bits per heavy atom. The molecule has 2 bridgehead atoms. The molecule has 1 amide bonds. The van der Waals surface area contributed by atoms with Crippen LogP contribution in [-0.2, 0) is 14.3 Å². The van der Waals surface area contributed by atoms with E-state index in [1.807, 2.05) is 6.07 Å². The fourth-order valence-corrected chi connectivity index (χ4v) is 3.33. The number of nitrogens with one attached hydrogen (secondary N) is 3. The van der Waals surface area contributed by atoms with Crippen LogP contribution in [0.3, 0.4) is 0 Å².